The van der Waals surface area contributed by atoms with Crippen molar-refractivity contribution in [3.63, 3.8) is 0 Å². The Hall–Kier alpha value is -3.29. The average Bonchev–Trinajstić information content (AvgIpc) is 2.97. The van der Waals surface area contributed by atoms with Gasteiger partial charge in [-0.05, 0) is 41.8 Å². The fourth-order valence-electron chi connectivity index (χ4n) is 4.58. The molecule has 3 aromatic rings. The minimum atomic E-state index is -0.656. The highest BCUT2D eigenvalue weighted by atomic mass is 19.1. The van der Waals surface area contributed by atoms with Crippen molar-refractivity contribution >= 4 is 5.91 Å². The Bertz CT molecular complexity index is 1170. The van der Waals surface area contributed by atoms with Gasteiger partial charge in [-0.15, -0.1) is 0 Å². The van der Waals surface area contributed by atoms with Crippen LogP contribution in [-0.2, 0) is 13.0 Å². The minimum absolute atomic E-state index is 0.177. The maximum atomic E-state index is 13.5. The Morgan fingerprint density at radius 3 is 2.73 bits per heavy atom. The van der Waals surface area contributed by atoms with Crippen molar-refractivity contribution in [3.8, 4) is 17.0 Å². The van der Waals surface area contributed by atoms with Crippen molar-refractivity contribution in [2.45, 2.75) is 19.1 Å². The van der Waals surface area contributed by atoms with Crippen molar-refractivity contribution in [1.82, 2.24) is 14.8 Å². The molecule has 6 nitrogen and oxygen atoms in total. The first kappa shape index (κ1) is 21.6. The topological polar surface area (TPSA) is 65.9 Å². The Morgan fingerprint density at radius 1 is 1.03 bits per heavy atom. The molecule has 1 aromatic heterocycles. The minimum Gasteiger partial charge on any atom is -0.491 e. The number of aliphatic hydroxyl groups is 1. The van der Waals surface area contributed by atoms with Crippen molar-refractivity contribution in [2.75, 3.05) is 32.8 Å². The number of ether oxygens (including phenoxy) is 1. The van der Waals surface area contributed by atoms with Gasteiger partial charge in [-0.25, -0.2) is 4.98 Å². The van der Waals surface area contributed by atoms with E-state index in [1.807, 2.05) is 6.07 Å². The molecule has 1 atom stereocenters. The number of aliphatic hydroxyl groups excluding tert-OH is 1. The molecule has 33 heavy (non-hydrogen) atoms. The second-order valence-corrected chi connectivity index (χ2v) is 8.56. The molecule has 2 aliphatic heterocycles. The molecule has 1 N–H and O–H groups in total. The van der Waals surface area contributed by atoms with Crippen LogP contribution < -0.4 is 4.74 Å². The van der Waals surface area contributed by atoms with Crippen LogP contribution in [0, 0.1) is 5.95 Å². The predicted octanol–water partition coefficient (Wildman–Crippen LogP) is 3.14. The van der Waals surface area contributed by atoms with Crippen LogP contribution in [-0.4, -0.2) is 64.7 Å². The molecule has 0 aliphatic carbocycles. The maximum absolute atomic E-state index is 13.5. The summed E-state index contributed by atoms with van der Waals surface area (Å²) in [6, 6.07) is 18.1. The highest BCUT2D eigenvalue weighted by Gasteiger charge is 2.27. The molecule has 0 spiro atoms. The highest BCUT2D eigenvalue weighted by molar-refractivity contribution is 5.98. The third-order valence-corrected chi connectivity index (χ3v) is 6.24. The molecular weight excluding hydrogens is 421 g/mol. The van der Waals surface area contributed by atoms with E-state index in [1.165, 1.54) is 17.2 Å². The molecule has 0 radical (unpaired) electrons. The van der Waals surface area contributed by atoms with Gasteiger partial charge in [0, 0.05) is 31.7 Å². The van der Waals surface area contributed by atoms with E-state index in [4.69, 9.17) is 4.74 Å². The van der Waals surface area contributed by atoms with E-state index >= 15 is 0 Å². The summed E-state index contributed by atoms with van der Waals surface area (Å²) in [4.78, 5) is 21.0. The monoisotopic (exact) mass is 447 g/mol. The summed E-state index contributed by atoms with van der Waals surface area (Å²) >= 11 is 0. The quantitative estimate of drug-likeness (QED) is 0.609. The van der Waals surface area contributed by atoms with Gasteiger partial charge in [-0.3, -0.25) is 9.69 Å². The molecule has 0 bridgehead atoms. The molecule has 170 valence electrons. The molecule has 1 amide bonds. The summed E-state index contributed by atoms with van der Waals surface area (Å²) in [6.45, 7) is 3.17. The molecule has 0 saturated heterocycles. The second kappa shape index (κ2) is 9.29. The van der Waals surface area contributed by atoms with Crippen LogP contribution in [0.3, 0.4) is 0 Å². The van der Waals surface area contributed by atoms with Crippen LogP contribution in [0.1, 0.15) is 21.5 Å². The van der Waals surface area contributed by atoms with Crippen LogP contribution in [0.5, 0.6) is 5.75 Å². The lowest BCUT2D eigenvalue weighted by Crippen LogP contribution is -2.44. The van der Waals surface area contributed by atoms with Gasteiger partial charge in [0.1, 0.15) is 12.4 Å². The summed E-state index contributed by atoms with van der Waals surface area (Å²) in [5.74, 6) is -0.283. The van der Waals surface area contributed by atoms with Crippen LogP contribution in [0.4, 0.5) is 4.39 Å². The number of pyridine rings is 1. The molecule has 1 unspecified atom stereocenters. The number of amides is 1. The van der Waals surface area contributed by atoms with E-state index < -0.39 is 12.1 Å². The zero-order valence-electron chi connectivity index (χ0n) is 18.3. The van der Waals surface area contributed by atoms with E-state index in [-0.39, 0.29) is 12.5 Å². The van der Waals surface area contributed by atoms with Crippen LogP contribution in [0.2, 0.25) is 0 Å². The largest absolute Gasteiger partial charge is 0.491 e. The molecule has 2 aliphatic rings. The zero-order valence-corrected chi connectivity index (χ0v) is 18.3. The van der Waals surface area contributed by atoms with E-state index in [1.54, 1.807) is 35.2 Å². The molecule has 0 fully saturated rings. The summed E-state index contributed by atoms with van der Waals surface area (Å²) in [5.41, 5.74) is 4.26. The number of β-amino-alcohol motifs (C(OH)–C–C–N with tert-alkyl or cyclic N) is 1. The molecular formula is C26H26FN3O3. The van der Waals surface area contributed by atoms with Gasteiger partial charge in [0.15, 0.2) is 0 Å². The average molecular weight is 448 g/mol. The van der Waals surface area contributed by atoms with E-state index in [0.717, 1.165) is 19.5 Å². The Balaban J connectivity index is 1.26. The van der Waals surface area contributed by atoms with Gasteiger partial charge >= 0.3 is 0 Å². The van der Waals surface area contributed by atoms with Crippen molar-refractivity contribution in [3.05, 3.63) is 83.3 Å². The number of halogens is 1. The molecule has 0 saturated carbocycles. The Morgan fingerprint density at radius 2 is 1.88 bits per heavy atom. The Kier molecular flexibility index (Phi) is 6.07. The van der Waals surface area contributed by atoms with Crippen LogP contribution in [0.15, 0.2) is 60.7 Å². The summed E-state index contributed by atoms with van der Waals surface area (Å²) in [7, 11) is 0. The molecule has 3 heterocycles. The van der Waals surface area contributed by atoms with Gasteiger partial charge < -0.3 is 14.7 Å². The van der Waals surface area contributed by atoms with Crippen molar-refractivity contribution < 1.29 is 19.0 Å². The summed E-state index contributed by atoms with van der Waals surface area (Å²) in [6.07, 6.45) is 0.312. The van der Waals surface area contributed by atoms with Gasteiger partial charge in [0.2, 0.25) is 5.95 Å². The third kappa shape index (κ3) is 4.74. The standard InChI is InChI=1S/C26H26FN3O3/c27-25-7-3-6-23(28-25)19-8-9-22-24(14-19)33-13-12-30(26(22)32)17-21(31)16-29-11-10-18-4-1-2-5-20(18)15-29/h1-9,14,21,31H,10-13,15-17H2. The first-order valence-corrected chi connectivity index (χ1v) is 11.2. The van der Waals surface area contributed by atoms with Gasteiger partial charge in [0.25, 0.3) is 5.91 Å². The smallest absolute Gasteiger partial charge is 0.257 e. The highest BCUT2D eigenvalue weighted by Crippen LogP contribution is 2.29. The zero-order chi connectivity index (χ0) is 22.8. The maximum Gasteiger partial charge on any atom is 0.257 e. The van der Waals surface area contributed by atoms with Gasteiger partial charge in [-0.2, -0.15) is 4.39 Å². The SMILES string of the molecule is O=C1c2ccc(-c3cccc(F)n3)cc2OCCN1CC(O)CN1CCc2ccccc2C1. The van der Waals surface area contributed by atoms with E-state index in [0.29, 0.717) is 42.3 Å². The van der Waals surface area contributed by atoms with Crippen LogP contribution >= 0.6 is 0 Å². The lowest BCUT2D eigenvalue weighted by Gasteiger charge is -2.32. The molecule has 7 heteroatoms. The number of rotatable bonds is 5. The first-order chi connectivity index (χ1) is 16.1. The number of hydrogen-bond donors (Lipinski definition) is 1. The Labute approximate surface area is 192 Å². The first-order valence-electron chi connectivity index (χ1n) is 11.2. The van der Waals surface area contributed by atoms with E-state index in [2.05, 4.69) is 28.1 Å². The summed E-state index contributed by atoms with van der Waals surface area (Å²) < 4.78 is 19.3. The number of fused-ring (bicyclic) bond motifs is 2. The van der Waals surface area contributed by atoms with Crippen molar-refractivity contribution in [2.24, 2.45) is 0 Å². The number of hydrogen-bond acceptors (Lipinski definition) is 5. The predicted molar refractivity (Wildman–Crippen MR) is 122 cm³/mol. The normalized spacial score (nSPS) is 17.0. The number of carbonyl (C=O) groups is 1. The third-order valence-electron chi connectivity index (χ3n) is 6.24. The lowest BCUT2D eigenvalue weighted by molar-refractivity contribution is 0.0501. The number of carbonyl (C=O) groups excluding carboxylic acids is 1. The molecule has 2 aromatic carbocycles. The number of nitrogens with zero attached hydrogens (tertiary/aromatic N) is 3. The van der Waals surface area contributed by atoms with Crippen LogP contribution in [0.25, 0.3) is 11.3 Å². The van der Waals surface area contributed by atoms with Gasteiger partial charge in [0.05, 0.1) is 23.9 Å². The lowest BCUT2D eigenvalue weighted by atomic mass is 10.00. The van der Waals surface area contributed by atoms with Crippen molar-refractivity contribution in [1.29, 1.82) is 0 Å². The molecule has 5 rings (SSSR count). The number of aromatic nitrogens is 1. The fraction of sp³-hybridized carbons (Fsp3) is 0.308. The number of benzene rings is 2. The van der Waals surface area contributed by atoms with Gasteiger partial charge in [-0.1, -0.05) is 36.4 Å². The van der Waals surface area contributed by atoms with E-state index in [9.17, 15) is 14.3 Å². The second-order valence-electron chi connectivity index (χ2n) is 8.56. The fourth-order valence-corrected chi connectivity index (χ4v) is 4.58. The summed E-state index contributed by atoms with van der Waals surface area (Å²) in [5, 5.41) is 10.8.